The highest BCUT2D eigenvalue weighted by Crippen LogP contribution is 2.19. The number of ether oxygens (including phenoxy) is 1. The molecule has 0 saturated carbocycles. The Morgan fingerprint density at radius 2 is 1.61 bits per heavy atom. The SMILES string of the molecule is Cc1cccc(OCC(=O)Nc2cccc(NS(=O)(=O)c3ccccc3)c2)c1. The Morgan fingerprint density at radius 1 is 0.893 bits per heavy atom. The normalized spacial score (nSPS) is 10.9. The molecule has 1 amide bonds. The first kappa shape index (κ1) is 19.4. The number of rotatable bonds is 7. The highest BCUT2D eigenvalue weighted by Gasteiger charge is 2.14. The maximum atomic E-state index is 12.4. The number of sulfonamides is 1. The number of carbonyl (C=O) groups excluding carboxylic acids is 1. The maximum Gasteiger partial charge on any atom is 0.262 e. The van der Waals surface area contributed by atoms with Crippen molar-refractivity contribution in [3.8, 4) is 5.75 Å². The van der Waals surface area contributed by atoms with Crippen LogP contribution in [-0.4, -0.2) is 20.9 Å². The van der Waals surface area contributed by atoms with Crippen LogP contribution in [0.25, 0.3) is 0 Å². The Labute approximate surface area is 164 Å². The van der Waals surface area contributed by atoms with E-state index in [-0.39, 0.29) is 17.4 Å². The minimum absolute atomic E-state index is 0.149. The Balaban J connectivity index is 1.62. The summed E-state index contributed by atoms with van der Waals surface area (Å²) in [6.07, 6.45) is 0. The lowest BCUT2D eigenvalue weighted by Gasteiger charge is -2.11. The summed E-state index contributed by atoms with van der Waals surface area (Å²) in [7, 11) is -3.70. The van der Waals surface area contributed by atoms with E-state index in [1.165, 1.54) is 12.1 Å². The quantitative estimate of drug-likeness (QED) is 0.636. The molecule has 0 spiro atoms. The number of benzene rings is 3. The molecular formula is C21H20N2O4S. The van der Waals surface area contributed by atoms with E-state index < -0.39 is 10.0 Å². The fraction of sp³-hybridized carbons (Fsp3) is 0.0952. The molecule has 0 aromatic heterocycles. The Hall–Kier alpha value is -3.32. The second kappa shape index (κ2) is 8.58. The van der Waals surface area contributed by atoms with Crippen LogP contribution in [0.15, 0.2) is 83.8 Å². The highest BCUT2D eigenvalue weighted by molar-refractivity contribution is 7.92. The molecule has 0 fully saturated rings. The van der Waals surface area contributed by atoms with Crippen LogP contribution in [-0.2, 0) is 14.8 Å². The molecule has 0 bridgehead atoms. The van der Waals surface area contributed by atoms with Crippen molar-refractivity contribution in [2.75, 3.05) is 16.6 Å². The van der Waals surface area contributed by atoms with Gasteiger partial charge in [-0.05, 0) is 55.0 Å². The molecule has 6 nitrogen and oxygen atoms in total. The van der Waals surface area contributed by atoms with Crippen LogP contribution in [0.5, 0.6) is 5.75 Å². The standard InChI is InChI=1S/C21H20N2O4S/c1-16-7-5-10-19(13-16)27-15-21(24)22-17-8-6-9-18(14-17)23-28(25,26)20-11-3-2-4-12-20/h2-14,23H,15H2,1H3,(H,22,24). The predicted octanol–water partition coefficient (Wildman–Crippen LogP) is 3.81. The number of amides is 1. The fourth-order valence-electron chi connectivity index (χ4n) is 2.53. The van der Waals surface area contributed by atoms with Crippen molar-refractivity contribution in [2.24, 2.45) is 0 Å². The molecule has 0 aliphatic rings. The molecule has 144 valence electrons. The van der Waals surface area contributed by atoms with Gasteiger partial charge in [0, 0.05) is 5.69 Å². The van der Waals surface area contributed by atoms with Crippen molar-refractivity contribution in [3.63, 3.8) is 0 Å². The van der Waals surface area contributed by atoms with Crippen LogP contribution in [0.2, 0.25) is 0 Å². The van der Waals surface area contributed by atoms with Gasteiger partial charge in [-0.25, -0.2) is 8.42 Å². The first-order valence-electron chi connectivity index (χ1n) is 8.60. The van der Waals surface area contributed by atoms with Gasteiger partial charge in [0.1, 0.15) is 5.75 Å². The summed E-state index contributed by atoms with van der Waals surface area (Å²) >= 11 is 0. The predicted molar refractivity (Wildman–Crippen MR) is 109 cm³/mol. The van der Waals surface area contributed by atoms with Gasteiger partial charge in [-0.2, -0.15) is 0 Å². The van der Waals surface area contributed by atoms with Crippen molar-refractivity contribution in [2.45, 2.75) is 11.8 Å². The summed E-state index contributed by atoms with van der Waals surface area (Å²) in [4.78, 5) is 12.3. The number of carbonyl (C=O) groups is 1. The van der Waals surface area contributed by atoms with Gasteiger partial charge in [-0.15, -0.1) is 0 Å². The summed E-state index contributed by atoms with van der Waals surface area (Å²) in [5, 5.41) is 2.69. The average Bonchev–Trinajstić information content (AvgIpc) is 2.67. The van der Waals surface area contributed by atoms with Crippen molar-refractivity contribution in [3.05, 3.63) is 84.4 Å². The van der Waals surface area contributed by atoms with Gasteiger partial charge in [0.2, 0.25) is 0 Å². The van der Waals surface area contributed by atoms with E-state index in [2.05, 4.69) is 10.0 Å². The van der Waals surface area contributed by atoms with E-state index in [9.17, 15) is 13.2 Å². The summed E-state index contributed by atoms with van der Waals surface area (Å²) in [5.41, 5.74) is 1.85. The summed E-state index contributed by atoms with van der Waals surface area (Å²) in [6.45, 7) is 1.79. The minimum atomic E-state index is -3.70. The molecule has 0 saturated heterocycles. The molecule has 0 aliphatic heterocycles. The lowest BCUT2D eigenvalue weighted by atomic mass is 10.2. The van der Waals surface area contributed by atoms with Gasteiger partial charge in [0.15, 0.2) is 6.61 Å². The Bertz CT molecular complexity index is 1070. The summed E-state index contributed by atoms with van der Waals surface area (Å²) < 4.78 is 32.8. The van der Waals surface area contributed by atoms with Crippen LogP contribution in [0, 0.1) is 6.92 Å². The molecule has 3 rings (SSSR count). The van der Waals surface area contributed by atoms with Crippen LogP contribution in [0.1, 0.15) is 5.56 Å². The van der Waals surface area contributed by atoms with Gasteiger partial charge < -0.3 is 10.1 Å². The van der Waals surface area contributed by atoms with Crippen LogP contribution >= 0.6 is 0 Å². The second-order valence-electron chi connectivity index (χ2n) is 6.15. The second-order valence-corrected chi connectivity index (χ2v) is 7.84. The van der Waals surface area contributed by atoms with Crippen LogP contribution in [0.3, 0.4) is 0 Å². The topological polar surface area (TPSA) is 84.5 Å². The van der Waals surface area contributed by atoms with E-state index in [0.717, 1.165) is 5.56 Å². The van der Waals surface area contributed by atoms with Crippen LogP contribution < -0.4 is 14.8 Å². The van der Waals surface area contributed by atoms with E-state index in [0.29, 0.717) is 17.1 Å². The third-order valence-electron chi connectivity index (χ3n) is 3.81. The van der Waals surface area contributed by atoms with Crippen molar-refractivity contribution in [1.82, 2.24) is 0 Å². The molecule has 0 atom stereocenters. The van der Waals surface area contributed by atoms with Gasteiger partial charge in [0.25, 0.3) is 15.9 Å². The Kier molecular flexibility index (Phi) is 5.96. The van der Waals surface area contributed by atoms with E-state index in [1.807, 2.05) is 25.1 Å². The monoisotopic (exact) mass is 396 g/mol. The molecule has 3 aromatic carbocycles. The zero-order valence-corrected chi connectivity index (χ0v) is 16.1. The van der Waals surface area contributed by atoms with Crippen LogP contribution in [0.4, 0.5) is 11.4 Å². The molecule has 28 heavy (non-hydrogen) atoms. The molecule has 7 heteroatoms. The number of hydrogen-bond acceptors (Lipinski definition) is 4. The number of nitrogens with one attached hydrogen (secondary N) is 2. The fourth-order valence-corrected chi connectivity index (χ4v) is 3.60. The molecule has 0 unspecified atom stereocenters. The zero-order valence-electron chi connectivity index (χ0n) is 15.3. The minimum Gasteiger partial charge on any atom is -0.484 e. The number of aryl methyl sites for hydroxylation is 1. The maximum absolute atomic E-state index is 12.4. The lowest BCUT2D eigenvalue weighted by Crippen LogP contribution is -2.20. The number of anilines is 2. The van der Waals surface area contributed by atoms with E-state index in [1.54, 1.807) is 48.5 Å². The van der Waals surface area contributed by atoms with Gasteiger partial charge in [-0.1, -0.05) is 36.4 Å². The third-order valence-corrected chi connectivity index (χ3v) is 5.21. The first-order valence-corrected chi connectivity index (χ1v) is 10.1. The molecule has 2 N–H and O–H groups in total. The molecule has 0 heterocycles. The van der Waals surface area contributed by atoms with Crippen molar-refractivity contribution < 1.29 is 17.9 Å². The van der Waals surface area contributed by atoms with Crippen molar-refractivity contribution in [1.29, 1.82) is 0 Å². The van der Waals surface area contributed by atoms with Crippen molar-refractivity contribution >= 4 is 27.3 Å². The smallest absolute Gasteiger partial charge is 0.262 e. The van der Waals surface area contributed by atoms with Gasteiger partial charge >= 0.3 is 0 Å². The van der Waals surface area contributed by atoms with Gasteiger partial charge in [0.05, 0.1) is 10.6 Å². The lowest BCUT2D eigenvalue weighted by molar-refractivity contribution is -0.118. The third kappa shape index (κ3) is 5.34. The zero-order chi connectivity index (χ0) is 20.0. The van der Waals surface area contributed by atoms with E-state index >= 15 is 0 Å². The average molecular weight is 396 g/mol. The molecular weight excluding hydrogens is 376 g/mol. The van der Waals surface area contributed by atoms with E-state index in [4.69, 9.17) is 4.74 Å². The molecule has 0 radical (unpaired) electrons. The summed E-state index contributed by atoms with van der Waals surface area (Å²) in [5.74, 6) is 0.268. The summed E-state index contributed by atoms with van der Waals surface area (Å²) in [6, 6.07) is 22.0. The molecule has 3 aromatic rings. The first-order chi connectivity index (χ1) is 13.4. The highest BCUT2D eigenvalue weighted by atomic mass is 32.2. The Morgan fingerprint density at radius 3 is 2.36 bits per heavy atom. The number of hydrogen-bond donors (Lipinski definition) is 2. The van der Waals surface area contributed by atoms with Gasteiger partial charge in [-0.3, -0.25) is 9.52 Å². The largest absolute Gasteiger partial charge is 0.484 e. The molecule has 0 aliphatic carbocycles.